The van der Waals surface area contributed by atoms with E-state index < -0.39 is 5.97 Å². The van der Waals surface area contributed by atoms with Crippen molar-refractivity contribution in [1.82, 2.24) is 19.7 Å². The molecule has 76 valence electrons. The number of hydrogen-bond acceptors (Lipinski definition) is 4. The van der Waals surface area contributed by atoms with E-state index in [1.165, 1.54) is 17.1 Å². The molecule has 0 unspecified atom stereocenters. The van der Waals surface area contributed by atoms with Crippen LogP contribution in [0.5, 0.6) is 0 Å². The largest absolute Gasteiger partial charge is 0.476 e. The van der Waals surface area contributed by atoms with Gasteiger partial charge in [-0.05, 0) is 22.6 Å². The lowest BCUT2D eigenvalue weighted by Gasteiger charge is -1.99. The molecule has 1 N–H and O–H groups in total. The van der Waals surface area contributed by atoms with Gasteiger partial charge in [0.25, 0.3) is 0 Å². The summed E-state index contributed by atoms with van der Waals surface area (Å²) in [6.45, 7) is 0. The number of aromatic nitrogens is 4. The predicted molar refractivity (Wildman–Crippen MR) is 58.8 cm³/mol. The summed E-state index contributed by atoms with van der Waals surface area (Å²) < 4.78 is 2.41. The molecule has 2 rings (SSSR count). The van der Waals surface area contributed by atoms with E-state index in [-0.39, 0.29) is 5.69 Å². The van der Waals surface area contributed by atoms with Crippen LogP contribution in [-0.4, -0.2) is 30.8 Å². The minimum Gasteiger partial charge on any atom is -0.476 e. The van der Waals surface area contributed by atoms with E-state index in [1.54, 1.807) is 12.4 Å². The van der Waals surface area contributed by atoms with E-state index in [1.807, 2.05) is 0 Å². The molecule has 15 heavy (non-hydrogen) atoms. The number of halogens is 1. The molecule has 0 radical (unpaired) electrons. The molecule has 7 heteroatoms. The molecule has 2 aromatic heterocycles. The zero-order chi connectivity index (χ0) is 10.8. The van der Waals surface area contributed by atoms with Crippen molar-refractivity contribution < 1.29 is 9.90 Å². The summed E-state index contributed by atoms with van der Waals surface area (Å²) in [6, 6.07) is 0. The van der Waals surface area contributed by atoms with E-state index in [2.05, 4.69) is 37.7 Å². The summed E-state index contributed by atoms with van der Waals surface area (Å²) in [7, 11) is 0. The lowest BCUT2D eigenvalue weighted by Crippen LogP contribution is -2.06. The second-order valence-corrected chi connectivity index (χ2v) is 3.92. The summed E-state index contributed by atoms with van der Waals surface area (Å²) in [5, 5.41) is 12.7. The Hall–Kier alpha value is -1.51. The van der Waals surface area contributed by atoms with E-state index in [4.69, 9.17) is 5.11 Å². The maximum atomic E-state index is 10.7. The highest BCUT2D eigenvalue weighted by Gasteiger charge is 2.07. The molecule has 6 nitrogen and oxygen atoms in total. The lowest BCUT2D eigenvalue weighted by molar-refractivity contribution is 0.0690. The van der Waals surface area contributed by atoms with Gasteiger partial charge in [0.2, 0.25) is 0 Å². The van der Waals surface area contributed by atoms with Gasteiger partial charge in [-0.25, -0.2) is 14.5 Å². The number of aromatic carboxylic acids is 1. The van der Waals surface area contributed by atoms with Gasteiger partial charge in [0.1, 0.15) is 0 Å². The van der Waals surface area contributed by atoms with Crippen LogP contribution in [0.1, 0.15) is 10.5 Å². The van der Waals surface area contributed by atoms with E-state index in [0.717, 1.165) is 3.57 Å². The van der Waals surface area contributed by atoms with Gasteiger partial charge in [-0.3, -0.25) is 4.98 Å². The maximum Gasteiger partial charge on any atom is 0.356 e. The van der Waals surface area contributed by atoms with Crippen molar-refractivity contribution in [2.45, 2.75) is 0 Å². The van der Waals surface area contributed by atoms with Crippen molar-refractivity contribution in [1.29, 1.82) is 0 Å². The molecule has 0 saturated carbocycles. The highest BCUT2D eigenvalue weighted by atomic mass is 127. The van der Waals surface area contributed by atoms with Gasteiger partial charge in [0.05, 0.1) is 22.2 Å². The van der Waals surface area contributed by atoms with Crippen LogP contribution in [-0.2, 0) is 0 Å². The van der Waals surface area contributed by atoms with Crippen LogP contribution in [0, 0.1) is 3.57 Å². The molecule has 0 aromatic carbocycles. The number of carboxylic acids is 1. The van der Waals surface area contributed by atoms with Crippen molar-refractivity contribution in [2.75, 3.05) is 0 Å². The van der Waals surface area contributed by atoms with Crippen molar-refractivity contribution in [2.24, 2.45) is 0 Å². The number of nitrogens with zero attached hydrogens (tertiary/aromatic N) is 4. The molecular weight excluding hydrogens is 311 g/mol. The molecule has 0 saturated heterocycles. The van der Waals surface area contributed by atoms with Gasteiger partial charge < -0.3 is 5.11 Å². The molecule has 0 aliphatic rings. The van der Waals surface area contributed by atoms with Crippen LogP contribution in [0.4, 0.5) is 0 Å². The van der Waals surface area contributed by atoms with Crippen molar-refractivity contribution in [3.05, 3.63) is 34.1 Å². The first-order chi connectivity index (χ1) is 7.16. The fourth-order valence-corrected chi connectivity index (χ4v) is 1.38. The zero-order valence-corrected chi connectivity index (χ0v) is 9.49. The summed E-state index contributed by atoms with van der Waals surface area (Å²) >= 11 is 2.10. The fraction of sp³-hybridized carbons (Fsp3) is 0. The van der Waals surface area contributed by atoms with Gasteiger partial charge in [-0.1, -0.05) is 0 Å². The second kappa shape index (κ2) is 3.93. The van der Waals surface area contributed by atoms with Crippen LogP contribution in [0.15, 0.2) is 24.8 Å². The normalized spacial score (nSPS) is 10.2. The number of rotatable bonds is 2. The third-order valence-electron chi connectivity index (χ3n) is 1.63. The van der Waals surface area contributed by atoms with Crippen LogP contribution >= 0.6 is 22.6 Å². The van der Waals surface area contributed by atoms with Crippen LogP contribution in [0.25, 0.3) is 5.82 Å². The Morgan fingerprint density at radius 2 is 2.20 bits per heavy atom. The van der Waals surface area contributed by atoms with Crippen LogP contribution < -0.4 is 0 Å². The first-order valence-electron chi connectivity index (χ1n) is 3.93. The first-order valence-corrected chi connectivity index (χ1v) is 5.00. The summed E-state index contributed by atoms with van der Waals surface area (Å²) in [6.07, 6.45) is 6.03. The average molecular weight is 316 g/mol. The number of carboxylic acid groups (broad SMARTS) is 1. The highest BCUT2D eigenvalue weighted by Crippen LogP contribution is 2.06. The molecule has 2 heterocycles. The molecule has 0 aliphatic heterocycles. The summed E-state index contributed by atoms with van der Waals surface area (Å²) in [5.74, 6) is -0.719. The Morgan fingerprint density at radius 1 is 1.40 bits per heavy atom. The van der Waals surface area contributed by atoms with E-state index in [0.29, 0.717) is 5.82 Å². The molecule has 0 spiro atoms. The van der Waals surface area contributed by atoms with E-state index in [9.17, 15) is 4.79 Å². The Labute approximate surface area is 98.1 Å². The predicted octanol–water partition coefficient (Wildman–Crippen LogP) is 0.965. The first kappa shape index (κ1) is 10.0. The Bertz CT molecular complexity index is 511. The van der Waals surface area contributed by atoms with Crippen LogP contribution in [0.2, 0.25) is 0 Å². The maximum absolute atomic E-state index is 10.7. The minimum atomic E-state index is -1.11. The van der Waals surface area contributed by atoms with Gasteiger partial charge >= 0.3 is 5.97 Å². The zero-order valence-electron chi connectivity index (χ0n) is 7.33. The van der Waals surface area contributed by atoms with E-state index >= 15 is 0 Å². The quantitative estimate of drug-likeness (QED) is 0.835. The molecule has 0 atom stereocenters. The van der Waals surface area contributed by atoms with Crippen molar-refractivity contribution >= 4 is 28.6 Å². The topological polar surface area (TPSA) is 80.9 Å². The number of hydrogen-bond donors (Lipinski definition) is 1. The Kier molecular flexibility index (Phi) is 2.62. The minimum absolute atomic E-state index is 0.0991. The monoisotopic (exact) mass is 316 g/mol. The van der Waals surface area contributed by atoms with Gasteiger partial charge in [-0.15, -0.1) is 0 Å². The average Bonchev–Trinajstić information content (AvgIpc) is 2.65. The van der Waals surface area contributed by atoms with Crippen molar-refractivity contribution in [3.63, 3.8) is 0 Å². The standard InChI is InChI=1S/C8H5IN4O2/c9-5-1-11-13(4-5)7-3-10-2-6(12-7)8(14)15/h1-4H,(H,14,15). The molecule has 2 aromatic rings. The lowest BCUT2D eigenvalue weighted by atomic mass is 10.4. The second-order valence-electron chi connectivity index (χ2n) is 2.67. The molecule has 0 bridgehead atoms. The molecule has 0 aliphatic carbocycles. The third-order valence-corrected chi connectivity index (χ3v) is 2.18. The number of carbonyl (C=O) groups is 1. The van der Waals surface area contributed by atoms with Crippen LogP contribution in [0.3, 0.4) is 0 Å². The Morgan fingerprint density at radius 3 is 2.80 bits per heavy atom. The smallest absolute Gasteiger partial charge is 0.356 e. The summed E-state index contributed by atoms with van der Waals surface area (Å²) in [5.41, 5.74) is -0.0991. The Balaban J connectivity index is 2.45. The third kappa shape index (κ3) is 2.12. The SMILES string of the molecule is O=C(O)c1cncc(-n2cc(I)cn2)n1. The molecule has 0 fully saturated rings. The fourth-order valence-electron chi connectivity index (χ4n) is 0.995. The van der Waals surface area contributed by atoms with Gasteiger partial charge in [0, 0.05) is 6.20 Å². The van der Waals surface area contributed by atoms with Crippen molar-refractivity contribution in [3.8, 4) is 5.82 Å². The molecular formula is C8H5IN4O2. The highest BCUT2D eigenvalue weighted by molar-refractivity contribution is 14.1. The van der Waals surface area contributed by atoms with Gasteiger partial charge in [-0.2, -0.15) is 5.10 Å². The summed E-state index contributed by atoms with van der Waals surface area (Å²) in [4.78, 5) is 18.3. The molecule has 0 amide bonds. The van der Waals surface area contributed by atoms with Gasteiger partial charge in [0.15, 0.2) is 11.5 Å².